The molecular weight excluding hydrogens is 328 g/mol. The first-order valence-corrected chi connectivity index (χ1v) is 8.60. The van der Waals surface area contributed by atoms with Crippen LogP contribution < -0.4 is 10.6 Å². The van der Waals surface area contributed by atoms with E-state index in [0.29, 0.717) is 19.8 Å². The highest BCUT2D eigenvalue weighted by Gasteiger charge is 2.03. The van der Waals surface area contributed by atoms with E-state index in [0.717, 1.165) is 16.7 Å². The number of rotatable bonds is 9. The predicted octanol–water partition coefficient (Wildman–Crippen LogP) is 2.67. The smallest absolute Gasteiger partial charge is 0.244 e. The molecule has 0 aliphatic rings. The monoisotopic (exact) mass is 352 g/mol. The fourth-order valence-electron chi connectivity index (χ4n) is 2.20. The Morgan fingerprint density at radius 1 is 0.962 bits per heavy atom. The van der Waals surface area contributed by atoms with Gasteiger partial charge in [0.25, 0.3) is 0 Å². The van der Waals surface area contributed by atoms with Crippen molar-refractivity contribution in [2.75, 3.05) is 13.2 Å². The fourth-order valence-corrected chi connectivity index (χ4v) is 2.20. The largest absolute Gasteiger partial charge is 0.377 e. The van der Waals surface area contributed by atoms with Crippen LogP contribution in [0.15, 0.2) is 60.7 Å². The van der Waals surface area contributed by atoms with Gasteiger partial charge in [0.15, 0.2) is 0 Å². The van der Waals surface area contributed by atoms with E-state index in [1.807, 2.05) is 61.5 Å². The molecule has 2 aromatic rings. The molecule has 0 fully saturated rings. The zero-order chi connectivity index (χ0) is 18.6. The molecule has 0 bridgehead atoms. The molecule has 0 aliphatic carbocycles. The summed E-state index contributed by atoms with van der Waals surface area (Å²) >= 11 is 0. The average Bonchev–Trinajstić information content (AvgIpc) is 2.69. The number of benzene rings is 2. The highest BCUT2D eigenvalue weighted by atomic mass is 16.5. The molecule has 0 heterocycles. The van der Waals surface area contributed by atoms with E-state index >= 15 is 0 Å². The van der Waals surface area contributed by atoms with Gasteiger partial charge < -0.3 is 15.4 Å². The van der Waals surface area contributed by atoms with Gasteiger partial charge in [-0.1, -0.05) is 54.6 Å². The summed E-state index contributed by atoms with van der Waals surface area (Å²) in [6.07, 6.45) is 3.12. The van der Waals surface area contributed by atoms with E-state index in [1.165, 1.54) is 6.08 Å². The zero-order valence-corrected chi connectivity index (χ0v) is 14.9. The Labute approximate surface area is 154 Å². The second kappa shape index (κ2) is 10.8. The van der Waals surface area contributed by atoms with Gasteiger partial charge >= 0.3 is 0 Å². The van der Waals surface area contributed by atoms with Gasteiger partial charge in [0.1, 0.15) is 0 Å². The third-order valence-electron chi connectivity index (χ3n) is 3.64. The molecule has 0 unspecified atom stereocenters. The van der Waals surface area contributed by atoms with Crippen LogP contribution in [0.5, 0.6) is 0 Å². The van der Waals surface area contributed by atoms with Crippen LogP contribution >= 0.6 is 0 Å². The van der Waals surface area contributed by atoms with Crippen LogP contribution in [0.25, 0.3) is 6.08 Å². The number of carbonyl (C=O) groups is 2. The molecular formula is C21H24N2O3. The summed E-state index contributed by atoms with van der Waals surface area (Å²) in [7, 11) is 0. The van der Waals surface area contributed by atoms with Crippen molar-refractivity contribution in [3.63, 3.8) is 0 Å². The van der Waals surface area contributed by atoms with Gasteiger partial charge in [-0.3, -0.25) is 9.59 Å². The van der Waals surface area contributed by atoms with Crippen molar-refractivity contribution in [2.24, 2.45) is 0 Å². The number of carbonyl (C=O) groups excluding carboxylic acids is 2. The first-order valence-electron chi connectivity index (χ1n) is 8.60. The van der Waals surface area contributed by atoms with Crippen LogP contribution in [-0.4, -0.2) is 25.0 Å². The molecule has 0 saturated carbocycles. The minimum absolute atomic E-state index is 0.0552. The van der Waals surface area contributed by atoms with Gasteiger partial charge in [0, 0.05) is 19.2 Å². The summed E-state index contributed by atoms with van der Waals surface area (Å²) in [4.78, 5) is 23.6. The summed E-state index contributed by atoms with van der Waals surface area (Å²) < 4.78 is 5.34. The lowest BCUT2D eigenvalue weighted by Crippen LogP contribution is -2.35. The van der Waals surface area contributed by atoms with E-state index in [1.54, 1.807) is 6.08 Å². The number of ether oxygens (including phenoxy) is 1. The van der Waals surface area contributed by atoms with Crippen LogP contribution in [0, 0.1) is 0 Å². The Morgan fingerprint density at radius 3 is 2.35 bits per heavy atom. The van der Waals surface area contributed by atoms with Gasteiger partial charge in [0.2, 0.25) is 11.8 Å². The second-order valence-electron chi connectivity index (χ2n) is 5.69. The Morgan fingerprint density at radius 2 is 1.65 bits per heavy atom. The lowest BCUT2D eigenvalue weighted by molar-refractivity contribution is -0.124. The minimum Gasteiger partial charge on any atom is -0.377 e. The molecule has 26 heavy (non-hydrogen) atoms. The van der Waals surface area contributed by atoms with E-state index in [4.69, 9.17) is 4.74 Å². The molecule has 0 radical (unpaired) electrons. The Balaban J connectivity index is 1.68. The lowest BCUT2D eigenvalue weighted by atomic mass is 10.1. The predicted molar refractivity (Wildman–Crippen MR) is 102 cm³/mol. The van der Waals surface area contributed by atoms with Crippen LogP contribution in [0.2, 0.25) is 0 Å². The molecule has 5 nitrogen and oxygen atoms in total. The van der Waals surface area contributed by atoms with Gasteiger partial charge in [0.05, 0.1) is 13.2 Å². The molecule has 5 heteroatoms. The second-order valence-corrected chi connectivity index (χ2v) is 5.69. The standard InChI is InChI=1S/C21H24N2O3/c1-2-26-16-19-10-8-18(9-11-19)14-22-21(25)15-23-20(24)13-12-17-6-4-3-5-7-17/h3-13H,2,14-16H2,1H3,(H,22,25)(H,23,24)/b13-12+. The SMILES string of the molecule is CCOCc1ccc(CNC(=O)CNC(=O)/C=C/c2ccccc2)cc1. The van der Waals surface area contributed by atoms with Crippen molar-refractivity contribution in [1.29, 1.82) is 0 Å². The van der Waals surface area contributed by atoms with Gasteiger partial charge in [-0.2, -0.15) is 0 Å². The van der Waals surface area contributed by atoms with E-state index in [9.17, 15) is 9.59 Å². The van der Waals surface area contributed by atoms with Crippen molar-refractivity contribution < 1.29 is 14.3 Å². The van der Waals surface area contributed by atoms with Crippen LogP contribution in [0.4, 0.5) is 0 Å². The molecule has 0 aliphatic heterocycles. The summed E-state index contributed by atoms with van der Waals surface area (Å²) in [5.41, 5.74) is 3.02. The molecule has 2 N–H and O–H groups in total. The molecule has 0 aromatic heterocycles. The average molecular weight is 352 g/mol. The third kappa shape index (κ3) is 7.32. The number of hydrogen-bond donors (Lipinski definition) is 2. The first-order chi connectivity index (χ1) is 12.7. The van der Waals surface area contributed by atoms with Crippen LogP contribution in [0.3, 0.4) is 0 Å². The van der Waals surface area contributed by atoms with Gasteiger partial charge in [-0.25, -0.2) is 0 Å². The molecule has 0 spiro atoms. The third-order valence-corrected chi connectivity index (χ3v) is 3.64. The molecule has 0 atom stereocenters. The highest BCUT2D eigenvalue weighted by molar-refractivity contribution is 5.94. The summed E-state index contributed by atoms with van der Waals surface area (Å²) in [5, 5.41) is 5.35. The first kappa shape index (κ1) is 19.4. The molecule has 136 valence electrons. The quantitative estimate of drug-likeness (QED) is 0.682. The molecule has 2 amide bonds. The summed E-state index contributed by atoms with van der Waals surface area (Å²) in [6.45, 7) is 3.60. The highest BCUT2D eigenvalue weighted by Crippen LogP contribution is 2.05. The summed E-state index contributed by atoms with van der Waals surface area (Å²) in [5.74, 6) is -0.533. The zero-order valence-electron chi connectivity index (χ0n) is 14.9. The number of amides is 2. The Hall–Kier alpha value is -2.92. The maximum Gasteiger partial charge on any atom is 0.244 e. The van der Waals surface area contributed by atoms with Crippen LogP contribution in [0.1, 0.15) is 23.6 Å². The van der Waals surface area contributed by atoms with E-state index < -0.39 is 0 Å². The normalized spacial score (nSPS) is 10.7. The lowest BCUT2D eigenvalue weighted by Gasteiger charge is -2.07. The van der Waals surface area contributed by atoms with Gasteiger partial charge in [-0.05, 0) is 29.7 Å². The van der Waals surface area contributed by atoms with Crippen molar-refractivity contribution in [2.45, 2.75) is 20.1 Å². The minimum atomic E-state index is -0.302. The maximum atomic E-state index is 11.8. The molecule has 0 saturated heterocycles. The maximum absolute atomic E-state index is 11.8. The van der Waals surface area contributed by atoms with Crippen LogP contribution in [-0.2, 0) is 27.5 Å². The van der Waals surface area contributed by atoms with E-state index in [2.05, 4.69) is 10.6 Å². The van der Waals surface area contributed by atoms with Crippen molar-refractivity contribution in [3.8, 4) is 0 Å². The fraction of sp³-hybridized carbons (Fsp3) is 0.238. The number of nitrogens with one attached hydrogen (secondary N) is 2. The Kier molecular flexibility index (Phi) is 8.09. The van der Waals surface area contributed by atoms with Crippen molar-refractivity contribution in [3.05, 3.63) is 77.4 Å². The Bertz CT molecular complexity index is 725. The number of hydrogen-bond acceptors (Lipinski definition) is 3. The molecule has 2 aromatic carbocycles. The van der Waals surface area contributed by atoms with Gasteiger partial charge in [-0.15, -0.1) is 0 Å². The van der Waals surface area contributed by atoms with E-state index in [-0.39, 0.29) is 18.4 Å². The molecule has 2 rings (SSSR count). The topological polar surface area (TPSA) is 67.4 Å². The van der Waals surface area contributed by atoms with Crippen molar-refractivity contribution in [1.82, 2.24) is 10.6 Å². The summed E-state index contributed by atoms with van der Waals surface area (Å²) in [6, 6.07) is 17.4. The van der Waals surface area contributed by atoms with Crippen molar-refractivity contribution >= 4 is 17.9 Å².